The molecule has 0 spiro atoms. The number of hydrogen-bond acceptors (Lipinski definition) is 3. The van der Waals surface area contributed by atoms with Gasteiger partial charge in [-0.1, -0.05) is 0 Å². The van der Waals surface area contributed by atoms with Gasteiger partial charge in [0.2, 0.25) is 5.91 Å². The van der Waals surface area contributed by atoms with E-state index in [1.165, 1.54) is 28.8 Å². The maximum absolute atomic E-state index is 12.8. The number of rotatable bonds is 8. The van der Waals surface area contributed by atoms with Crippen molar-refractivity contribution in [1.82, 2.24) is 4.90 Å². The molecule has 1 aromatic rings. The lowest BCUT2D eigenvalue weighted by Gasteiger charge is -2.20. The first kappa shape index (κ1) is 15.8. The first-order chi connectivity index (χ1) is 10.0. The van der Waals surface area contributed by atoms with E-state index in [0.717, 1.165) is 17.7 Å². The summed E-state index contributed by atoms with van der Waals surface area (Å²) in [6, 6.07) is 6.11. The molecule has 1 saturated carbocycles. The fraction of sp³-hybridized carbons (Fsp3) is 0.467. The Morgan fingerprint density at radius 1 is 1.29 bits per heavy atom. The molecule has 0 bridgehead atoms. The van der Waals surface area contributed by atoms with Crippen LogP contribution in [0.5, 0.6) is 0 Å². The van der Waals surface area contributed by atoms with Crippen LogP contribution >= 0.6 is 11.8 Å². The van der Waals surface area contributed by atoms with Crippen LogP contribution in [-0.2, 0) is 9.59 Å². The van der Waals surface area contributed by atoms with Crippen LogP contribution in [-0.4, -0.2) is 40.7 Å². The van der Waals surface area contributed by atoms with E-state index in [2.05, 4.69) is 0 Å². The molecular weight excluding hydrogens is 293 g/mol. The highest BCUT2D eigenvalue weighted by Crippen LogP contribution is 2.30. The SMILES string of the molecule is O=C(O)CN(CC1CC1)C(=O)CCSc1ccc(F)cc1. The van der Waals surface area contributed by atoms with Gasteiger partial charge >= 0.3 is 5.97 Å². The lowest BCUT2D eigenvalue weighted by Crippen LogP contribution is -2.37. The minimum atomic E-state index is -0.977. The third-order valence-electron chi connectivity index (χ3n) is 3.25. The number of hydrogen-bond donors (Lipinski definition) is 1. The molecule has 2 rings (SSSR count). The average molecular weight is 311 g/mol. The van der Waals surface area contributed by atoms with Crippen molar-refractivity contribution in [2.24, 2.45) is 5.92 Å². The zero-order valence-electron chi connectivity index (χ0n) is 11.6. The van der Waals surface area contributed by atoms with Crippen molar-refractivity contribution >= 4 is 23.6 Å². The van der Waals surface area contributed by atoms with Crippen molar-refractivity contribution < 1.29 is 19.1 Å². The lowest BCUT2D eigenvalue weighted by atomic mass is 10.3. The summed E-state index contributed by atoms with van der Waals surface area (Å²) in [7, 11) is 0. The van der Waals surface area contributed by atoms with Gasteiger partial charge in [0.1, 0.15) is 12.4 Å². The molecule has 1 aliphatic rings. The molecule has 1 fully saturated rings. The van der Waals surface area contributed by atoms with Crippen LogP contribution in [0.4, 0.5) is 4.39 Å². The highest BCUT2D eigenvalue weighted by Gasteiger charge is 2.27. The van der Waals surface area contributed by atoms with Gasteiger partial charge in [-0.3, -0.25) is 9.59 Å². The summed E-state index contributed by atoms with van der Waals surface area (Å²) in [6.45, 7) is 0.322. The molecule has 1 aliphatic carbocycles. The zero-order chi connectivity index (χ0) is 15.2. The second-order valence-electron chi connectivity index (χ2n) is 5.16. The number of carbonyl (C=O) groups is 2. The minimum absolute atomic E-state index is 0.126. The Bertz CT molecular complexity index is 502. The van der Waals surface area contributed by atoms with Gasteiger partial charge in [0, 0.05) is 23.6 Å². The molecule has 0 saturated heterocycles. The Morgan fingerprint density at radius 2 is 1.95 bits per heavy atom. The number of carbonyl (C=O) groups excluding carboxylic acids is 1. The molecule has 0 unspecified atom stereocenters. The monoisotopic (exact) mass is 311 g/mol. The second-order valence-corrected chi connectivity index (χ2v) is 6.33. The normalized spacial score (nSPS) is 14.0. The molecule has 1 aromatic carbocycles. The van der Waals surface area contributed by atoms with Crippen LogP contribution in [0.15, 0.2) is 29.2 Å². The molecule has 21 heavy (non-hydrogen) atoms. The molecular formula is C15H18FNO3S. The molecule has 1 N–H and O–H groups in total. The summed E-state index contributed by atoms with van der Waals surface area (Å²) in [6.07, 6.45) is 2.45. The summed E-state index contributed by atoms with van der Waals surface area (Å²) in [5.41, 5.74) is 0. The third kappa shape index (κ3) is 5.75. The van der Waals surface area contributed by atoms with Crippen molar-refractivity contribution in [3.63, 3.8) is 0 Å². The van der Waals surface area contributed by atoms with Crippen LogP contribution in [0.3, 0.4) is 0 Å². The first-order valence-corrected chi connectivity index (χ1v) is 7.91. The predicted octanol–water partition coefficient (Wildman–Crippen LogP) is 2.63. The molecule has 0 heterocycles. The Hall–Kier alpha value is -1.56. The second kappa shape index (κ2) is 7.45. The van der Waals surface area contributed by atoms with Gasteiger partial charge in [-0.15, -0.1) is 11.8 Å². The van der Waals surface area contributed by atoms with E-state index in [1.54, 1.807) is 12.1 Å². The van der Waals surface area contributed by atoms with Crippen molar-refractivity contribution in [3.8, 4) is 0 Å². The first-order valence-electron chi connectivity index (χ1n) is 6.92. The van der Waals surface area contributed by atoms with Crippen LogP contribution < -0.4 is 0 Å². The highest BCUT2D eigenvalue weighted by molar-refractivity contribution is 7.99. The van der Waals surface area contributed by atoms with Crippen LogP contribution in [0.1, 0.15) is 19.3 Å². The van der Waals surface area contributed by atoms with E-state index in [4.69, 9.17) is 5.11 Å². The van der Waals surface area contributed by atoms with E-state index >= 15 is 0 Å². The summed E-state index contributed by atoms with van der Waals surface area (Å²) < 4.78 is 12.8. The van der Waals surface area contributed by atoms with Gasteiger partial charge in [-0.05, 0) is 43.0 Å². The fourth-order valence-electron chi connectivity index (χ4n) is 1.98. The van der Waals surface area contributed by atoms with Crippen molar-refractivity contribution in [3.05, 3.63) is 30.1 Å². The van der Waals surface area contributed by atoms with Crippen molar-refractivity contribution in [1.29, 1.82) is 0 Å². The van der Waals surface area contributed by atoms with Gasteiger partial charge in [0.05, 0.1) is 0 Å². The van der Waals surface area contributed by atoms with Gasteiger partial charge in [-0.25, -0.2) is 4.39 Å². The van der Waals surface area contributed by atoms with E-state index in [9.17, 15) is 14.0 Å². The molecule has 4 nitrogen and oxygen atoms in total. The number of carboxylic acids is 1. The number of carboxylic acid groups (broad SMARTS) is 1. The number of thioether (sulfide) groups is 1. The Labute approximate surface area is 127 Å². The number of benzene rings is 1. The molecule has 6 heteroatoms. The number of aliphatic carboxylic acids is 1. The predicted molar refractivity (Wildman–Crippen MR) is 78.7 cm³/mol. The van der Waals surface area contributed by atoms with Crippen molar-refractivity contribution in [2.45, 2.75) is 24.2 Å². The molecule has 114 valence electrons. The Morgan fingerprint density at radius 3 is 2.52 bits per heavy atom. The van der Waals surface area contributed by atoms with E-state index in [-0.39, 0.29) is 18.3 Å². The summed E-state index contributed by atoms with van der Waals surface area (Å²) >= 11 is 1.47. The zero-order valence-corrected chi connectivity index (χ0v) is 12.4. The number of nitrogens with zero attached hydrogens (tertiary/aromatic N) is 1. The molecule has 0 atom stereocenters. The van der Waals surface area contributed by atoms with Crippen LogP contribution in [0, 0.1) is 11.7 Å². The molecule has 0 aromatic heterocycles. The van der Waals surface area contributed by atoms with Crippen LogP contribution in [0.25, 0.3) is 0 Å². The standard InChI is InChI=1S/C15H18FNO3S/c16-12-3-5-13(6-4-12)21-8-7-14(18)17(10-15(19)20)9-11-1-2-11/h3-6,11H,1-2,7-10H2,(H,19,20). The average Bonchev–Trinajstić information content (AvgIpc) is 3.23. The maximum Gasteiger partial charge on any atom is 0.323 e. The maximum atomic E-state index is 12.8. The fourth-order valence-corrected chi connectivity index (χ4v) is 2.82. The van der Waals surface area contributed by atoms with E-state index in [1.807, 2.05) is 0 Å². The smallest absolute Gasteiger partial charge is 0.323 e. The third-order valence-corrected chi connectivity index (χ3v) is 4.27. The van der Waals surface area contributed by atoms with Crippen LogP contribution in [0.2, 0.25) is 0 Å². The van der Waals surface area contributed by atoms with E-state index in [0.29, 0.717) is 24.6 Å². The summed E-state index contributed by atoms with van der Waals surface area (Å²) in [5.74, 6) is -0.356. The molecule has 0 aliphatic heterocycles. The van der Waals surface area contributed by atoms with Gasteiger partial charge in [-0.2, -0.15) is 0 Å². The Balaban J connectivity index is 1.77. The molecule has 1 amide bonds. The highest BCUT2D eigenvalue weighted by atomic mass is 32.2. The largest absolute Gasteiger partial charge is 0.480 e. The summed E-state index contributed by atoms with van der Waals surface area (Å²) in [5, 5.41) is 8.86. The quantitative estimate of drug-likeness (QED) is 0.750. The van der Waals surface area contributed by atoms with Gasteiger partial charge in [0.15, 0.2) is 0 Å². The Kier molecular flexibility index (Phi) is 5.61. The lowest BCUT2D eigenvalue weighted by molar-refractivity contribution is -0.144. The van der Waals surface area contributed by atoms with Gasteiger partial charge in [0.25, 0.3) is 0 Å². The van der Waals surface area contributed by atoms with Crippen molar-refractivity contribution in [2.75, 3.05) is 18.8 Å². The number of amides is 1. The number of halogens is 1. The van der Waals surface area contributed by atoms with Gasteiger partial charge < -0.3 is 10.0 Å². The topological polar surface area (TPSA) is 57.6 Å². The van der Waals surface area contributed by atoms with E-state index < -0.39 is 5.97 Å². The summed E-state index contributed by atoms with van der Waals surface area (Å²) in [4.78, 5) is 25.2. The minimum Gasteiger partial charge on any atom is -0.480 e. The molecule has 0 radical (unpaired) electrons.